The van der Waals surface area contributed by atoms with Crippen molar-refractivity contribution in [2.24, 2.45) is 0 Å². The molecule has 6 heteroatoms. The SMILES string of the molecule is CC(C)n1cc(OCc2cccc(C(=O)O)c2F)cn1. The van der Waals surface area contributed by atoms with Gasteiger partial charge in [0.2, 0.25) is 0 Å². The van der Waals surface area contributed by atoms with Crippen LogP contribution in [-0.2, 0) is 6.61 Å². The Bertz CT molecular complexity index is 623. The fraction of sp³-hybridized carbons (Fsp3) is 0.286. The zero-order valence-electron chi connectivity index (χ0n) is 11.2. The molecule has 0 saturated carbocycles. The zero-order valence-corrected chi connectivity index (χ0v) is 11.2. The fourth-order valence-electron chi connectivity index (χ4n) is 1.70. The molecule has 0 spiro atoms. The Morgan fingerprint density at radius 1 is 1.50 bits per heavy atom. The number of ether oxygens (including phenoxy) is 1. The molecule has 106 valence electrons. The molecule has 1 N–H and O–H groups in total. The fourth-order valence-corrected chi connectivity index (χ4v) is 1.70. The second kappa shape index (κ2) is 5.73. The highest BCUT2D eigenvalue weighted by atomic mass is 19.1. The molecule has 0 aliphatic heterocycles. The molecule has 0 aliphatic rings. The third-order valence-electron chi connectivity index (χ3n) is 2.81. The van der Waals surface area contributed by atoms with Crippen molar-refractivity contribution >= 4 is 5.97 Å². The van der Waals surface area contributed by atoms with Crippen LogP contribution in [-0.4, -0.2) is 20.9 Å². The minimum atomic E-state index is -1.29. The molecule has 1 aromatic carbocycles. The van der Waals surface area contributed by atoms with Gasteiger partial charge in [0.05, 0.1) is 18.0 Å². The standard InChI is InChI=1S/C14H15FN2O3/c1-9(2)17-7-11(6-16-17)20-8-10-4-3-5-12(13(10)15)14(18)19/h3-7,9H,8H2,1-2H3,(H,18,19). The van der Waals surface area contributed by atoms with Crippen LogP contribution in [0.15, 0.2) is 30.6 Å². The van der Waals surface area contributed by atoms with Crippen molar-refractivity contribution in [1.29, 1.82) is 0 Å². The quantitative estimate of drug-likeness (QED) is 0.913. The van der Waals surface area contributed by atoms with Gasteiger partial charge >= 0.3 is 5.97 Å². The molecule has 0 bridgehead atoms. The third kappa shape index (κ3) is 2.96. The van der Waals surface area contributed by atoms with Gasteiger partial charge in [0.25, 0.3) is 0 Å². The lowest BCUT2D eigenvalue weighted by Crippen LogP contribution is -2.05. The maximum absolute atomic E-state index is 13.9. The van der Waals surface area contributed by atoms with E-state index >= 15 is 0 Å². The molecule has 1 aromatic heterocycles. The number of rotatable bonds is 5. The van der Waals surface area contributed by atoms with E-state index in [1.807, 2.05) is 13.8 Å². The summed E-state index contributed by atoms with van der Waals surface area (Å²) in [5.41, 5.74) is -0.161. The summed E-state index contributed by atoms with van der Waals surface area (Å²) in [5.74, 6) is -1.55. The van der Waals surface area contributed by atoms with E-state index in [1.165, 1.54) is 18.2 Å². The van der Waals surface area contributed by atoms with Crippen molar-refractivity contribution in [1.82, 2.24) is 9.78 Å². The Morgan fingerprint density at radius 2 is 2.25 bits per heavy atom. The van der Waals surface area contributed by atoms with Crippen LogP contribution in [0.25, 0.3) is 0 Å². The Labute approximate surface area is 115 Å². The van der Waals surface area contributed by atoms with Crippen molar-refractivity contribution < 1.29 is 19.0 Å². The van der Waals surface area contributed by atoms with Crippen LogP contribution in [0.1, 0.15) is 35.8 Å². The van der Waals surface area contributed by atoms with Gasteiger partial charge in [-0.3, -0.25) is 4.68 Å². The van der Waals surface area contributed by atoms with E-state index < -0.39 is 11.8 Å². The number of carboxylic acid groups (broad SMARTS) is 1. The van der Waals surface area contributed by atoms with E-state index in [0.717, 1.165) is 0 Å². The van der Waals surface area contributed by atoms with Crippen LogP contribution in [0.3, 0.4) is 0 Å². The summed E-state index contributed by atoms with van der Waals surface area (Å²) in [4.78, 5) is 10.8. The lowest BCUT2D eigenvalue weighted by atomic mass is 10.1. The Hall–Kier alpha value is -2.37. The van der Waals surface area contributed by atoms with E-state index in [2.05, 4.69) is 5.10 Å². The molecule has 1 heterocycles. The molecule has 0 radical (unpaired) electrons. The van der Waals surface area contributed by atoms with E-state index in [-0.39, 0.29) is 23.8 Å². The molecular formula is C14H15FN2O3. The van der Waals surface area contributed by atoms with E-state index in [0.29, 0.717) is 5.75 Å². The number of hydrogen-bond acceptors (Lipinski definition) is 3. The predicted octanol–water partition coefficient (Wildman–Crippen LogP) is 2.88. The van der Waals surface area contributed by atoms with Gasteiger partial charge < -0.3 is 9.84 Å². The van der Waals surface area contributed by atoms with Gasteiger partial charge in [0, 0.05) is 11.6 Å². The predicted molar refractivity (Wildman–Crippen MR) is 70.3 cm³/mol. The largest absolute Gasteiger partial charge is 0.486 e. The highest BCUT2D eigenvalue weighted by Crippen LogP contribution is 2.17. The molecule has 0 amide bonds. The van der Waals surface area contributed by atoms with Crippen molar-refractivity contribution in [2.45, 2.75) is 26.5 Å². The van der Waals surface area contributed by atoms with Gasteiger partial charge in [0.1, 0.15) is 12.4 Å². The summed E-state index contributed by atoms with van der Waals surface area (Å²) in [6.07, 6.45) is 3.25. The molecule has 2 rings (SSSR count). The van der Waals surface area contributed by atoms with Crippen LogP contribution in [0, 0.1) is 5.82 Å². The van der Waals surface area contributed by atoms with Crippen LogP contribution < -0.4 is 4.74 Å². The highest BCUT2D eigenvalue weighted by Gasteiger charge is 2.14. The average molecular weight is 278 g/mol. The first-order valence-corrected chi connectivity index (χ1v) is 6.16. The molecule has 0 saturated heterocycles. The first-order valence-electron chi connectivity index (χ1n) is 6.16. The highest BCUT2D eigenvalue weighted by molar-refractivity contribution is 5.88. The van der Waals surface area contributed by atoms with Crippen molar-refractivity contribution in [2.75, 3.05) is 0 Å². The topological polar surface area (TPSA) is 64.3 Å². The maximum Gasteiger partial charge on any atom is 0.338 e. The Balaban J connectivity index is 2.10. The molecular weight excluding hydrogens is 263 g/mol. The second-order valence-corrected chi connectivity index (χ2v) is 4.62. The zero-order chi connectivity index (χ0) is 14.7. The summed E-state index contributed by atoms with van der Waals surface area (Å²) in [6.45, 7) is 3.91. The normalized spacial score (nSPS) is 10.8. The molecule has 5 nitrogen and oxygen atoms in total. The number of benzene rings is 1. The van der Waals surface area contributed by atoms with Gasteiger partial charge in [-0.25, -0.2) is 9.18 Å². The van der Waals surface area contributed by atoms with E-state index in [4.69, 9.17) is 9.84 Å². The van der Waals surface area contributed by atoms with Crippen molar-refractivity contribution in [3.63, 3.8) is 0 Å². The first kappa shape index (κ1) is 14.0. The Morgan fingerprint density at radius 3 is 2.85 bits per heavy atom. The van der Waals surface area contributed by atoms with Gasteiger partial charge in [-0.1, -0.05) is 12.1 Å². The number of hydrogen-bond donors (Lipinski definition) is 1. The van der Waals surface area contributed by atoms with Gasteiger partial charge in [0.15, 0.2) is 5.75 Å². The van der Waals surface area contributed by atoms with Crippen molar-refractivity contribution in [3.05, 3.63) is 47.5 Å². The minimum absolute atomic E-state index is 0.0449. The number of halogens is 1. The van der Waals surface area contributed by atoms with Gasteiger partial charge in [-0.15, -0.1) is 0 Å². The molecule has 0 atom stereocenters. The molecule has 2 aromatic rings. The second-order valence-electron chi connectivity index (χ2n) is 4.62. The molecule has 20 heavy (non-hydrogen) atoms. The summed E-state index contributed by atoms with van der Waals surface area (Å²) in [7, 11) is 0. The molecule has 0 unspecified atom stereocenters. The van der Waals surface area contributed by atoms with Crippen molar-refractivity contribution in [3.8, 4) is 5.75 Å². The number of nitrogens with zero attached hydrogens (tertiary/aromatic N) is 2. The monoisotopic (exact) mass is 278 g/mol. The van der Waals surface area contributed by atoms with E-state index in [1.54, 1.807) is 17.1 Å². The summed E-state index contributed by atoms with van der Waals surface area (Å²) in [5, 5.41) is 12.9. The van der Waals surface area contributed by atoms with Crippen LogP contribution in [0.5, 0.6) is 5.75 Å². The first-order chi connectivity index (χ1) is 9.49. The van der Waals surface area contributed by atoms with E-state index in [9.17, 15) is 9.18 Å². The Kier molecular flexibility index (Phi) is 4.02. The summed E-state index contributed by atoms with van der Waals surface area (Å²) >= 11 is 0. The number of carbonyl (C=O) groups is 1. The third-order valence-corrected chi connectivity index (χ3v) is 2.81. The molecule has 0 aliphatic carbocycles. The van der Waals surface area contributed by atoms with Gasteiger partial charge in [-0.05, 0) is 19.9 Å². The average Bonchev–Trinajstić information content (AvgIpc) is 2.86. The number of carboxylic acids is 1. The molecule has 0 fully saturated rings. The van der Waals surface area contributed by atoms with Gasteiger partial charge in [-0.2, -0.15) is 5.10 Å². The summed E-state index contributed by atoms with van der Waals surface area (Å²) < 4.78 is 21.0. The minimum Gasteiger partial charge on any atom is -0.486 e. The lowest BCUT2D eigenvalue weighted by molar-refractivity contribution is 0.0691. The number of aromatic carboxylic acids is 1. The smallest absolute Gasteiger partial charge is 0.338 e. The summed E-state index contributed by atoms with van der Waals surface area (Å²) in [6, 6.07) is 4.41. The van der Waals surface area contributed by atoms with Crippen LogP contribution in [0.2, 0.25) is 0 Å². The lowest BCUT2D eigenvalue weighted by Gasteiger charge is -2.07. The van der Waals surface area contributed by atoms with Crippen LogP contribution >= 0.6 is 0 Å². The number of aromatic nitrogens is 2. The van der Waals surface area contributed by atoms with Crippen LogP contribution in [0.4, 0.5) is 4.39 Å². The maximum atomic E-state index is 13.9.